The second-order valence-corrected chi connectivity index (χ2v) is 7.23. The summed E-state index contributed by atoms with van der Waals surface area (Å²) in [4.78, 5) is 11.1. The number of hydroxylamine groups is 2. The third kappa shape index (κ3) is 3.70. The van der Waals surface area contributed by atoms with Gasteiger partial charge in [0.25, 0.3) is 0 Å². The molecule has 0 aromatic heterocycles. The number of amides is 2. The van der Waals surface area contributed by atoms with Crippen LogP contribution < -0.4 is 15.2 Å². The number of ether oxygens (including phenoxy) is 2. The van der Waals surface area contributed by atoms with Gasteiger partial charge in [-0.15, -0.1) is 0 Å². The zero-order chi connectivity index (χ0) is 18.7. The Morgan fingerprint density at radius 3 is 2.58 bits per heavy atom. The summed E-state index contributed by atoms with van der Waals surface area (Å²) in [5.74, 6) is 1.94. The minimum absolute atomic E-state index is 0.349. The van der Waals surface area contributed by atoms with Crippen LogP contribution in [0.1, 0.15) is 44.1 Å². The van der Waals surface area contributed by atoms with E-state index in [1.165, 1.54) is 12.8 Å². The highest BCUT2D eigenvalue weighted by Gasteiger charge is 2.40. The third-order valence-electron chi connectivity index (χ3n) is 5.48. The Morgan fingerprint density at radius 2 is 2.04 bits per heavy atom. The first kappa shape index (κ1) is 18.3. The Hall–Kier alpha value is -2.46. The lowest BCUT2D eigenvalue weighted by Crippen LogP contribution is -2.45. The molecule has 0 saturated heterocycles. The second kappa shape index (κ2) is 7.42. The average molecular weight is 359 g/mol. The van der Waals surface area contributed by atoms with Gasteiger partial charge in [0.1, 0.15) is 0 Å². The Labute approximate surface area is 153 Å². The third-order valence-corrected chi connectivity index (χ3v) is 5.48. The van der Waals surface area contributed by atoms with Gasteiger partial charge < -0.3 is 15.2 Å². The topological polar surface area (TPSA) is 109 Å². The second-order valence-electron chi connectivity index (χ2n) is 7.23. The highest BCUT2D eigenvalue weighted by molar-refractivity contribution is 5.70. The van der Waals surface area contributed by atoms with Crippen LogP contribution in [0.2, 0.25) is 0 Å². The quantitative estimate of drug-likeness (QED) is 0.599. The summed E-state index contributed by atoms with van der Waals surface area (Å²) in [7, 11) is 1.60. The minimum atomic E-state index is -0.861. The van der Waals surface area contributed by atoms with E-state index >= 15 is 0 Å². The number of carbonyl (C=O) groups excluding carboxylic acids is 1. The van der Waals surface area contributed by atoms with E-state index in [9.17, 15) is 15.3 Å². The van der Waals surface area contributed by atoms with E-state index in [1.807, 2.05) is 18.2 Å². The summed E-state index contributed by atoms with van der Waals surface area (Å²) in [6.45, 7) is 0.666. The predicted octanol–water partition coefficient (Wildman–Crippen LogP) is 2.96. The van der Waals surface area contributed by atoms with Crippen molar-refractivity contribution in [2.24, 2.45) is 11.7 Å². The molecule has 2 fully saturated rings. The van der Waals surface area contributed by atoms with Crippen molar-refractivity contribution in [2.45, 2.75) is 50.0 Å². The van der Waals surface area contributed by atoms with Crippen molar-refractivity contribution >= 4 is 6.03 Å². The van der Waals surface area contributed by atoms with E-state index in [0.717, 1.165) is 5.56 Å². The van der Waals surface area contributed by atoms with Crippen molar-refractivity contribution in [3.8, 4) is 17.6 Å². The molecule has 3 rings (SSSR count). The predicted molar refractivity (Wildman–Crippen MR) is 94.0 cm³/mol. The van der Waals surface area contributed by atoms with Gasteiger partial charge >= 0.3 is 6.03 Å². The van der Waals surface area contributed by atoms with Gasteiger partial charge in [0.15, 0.2) is 11.5 Å². The smallest absolute Gasteiger partial charge is 0.338 e. The van der Waals surface area contributed by atoms with Crippen molar-refractivity contribution in [1.29, 1.82) is 5.26 Å². The van der Waals surface area contributed by atoms with Crippen LogP contribution in [0.4, 0.5) is 4.79 Å². The van der Waals surface area contributed by atoms with Gasteiger partial charge in [0.2, 0.25) is 0 Å². The number of carbonyl (C=O) groups is 1. The lowest BCUT2D eigenvalue weighted by atomic mass is 9.69. The first-order chi connectivity index (χ1) is 12.5. The zero-order valence-electron chi connectivity index (χ0n) is 15.0. The van der Waals surface area contributed by atoms with Crippen molar-refractivity contribution < 1.29 is 19.5 Å². The van der Waals surface area contributed by atoms with E-state index in [0.29, 0.717) is 54.8 Å². The average Bonchev–Trinajstić information content (AvgIpc) is 3.50. The van der Waals surface area contributed by atoms with Crippen LogP contribution in [0.25, 0.3) is 0 Å². The number of nitrogens with two attached hydrogens (primary N) is 1. The van der Waals surface area contributed by atoms with Gasteiger partial charge in [-0.1, -0.05) is 6.07 Å². The normalized spacial score (nSPS) is 25.2. The zero-order valence-corrected chi connectivity index (χ0v) is 15.0. The van der Waals surface area contributed by atoms with E-state index in [1.54, 1.807) is 7.11 Å². The summed E-state index contributed by atoms with van der Waals surface area (Å²) in [6, 6.07) is 6.88. The fourth-order valence-electron chi connectivity index (χ4n) is 3.56. The van der Waals surface area contributed by atoms with Crippen LogP contribution in [-0.2, 0) is 5.41 Å². The van der Waals surface area contributed by atoms with E-state index in [-0.39, 0.29) is 6.04 Å². The maximum Gasteiger partial charge on any atom is 0.338 e. The number of rotatable bonds is 6. The van der Waals surface area contributed by atoms with Crippen LogP contribution >= 0.6 is 0 Å². The molecule has 0 radical (unpaired) electrons. The molecule has 0 spiro atoms. The van der Waals surface area contributed by atoms with E-state index < -0.39 is 11.4 Å². The molecule has 0 heterocycles. The Morgan fingerprint density at radius 1 is 1.35 bits per heavy atom. The molecule has 7 nitrogen and oxygen atoms in total. The van der Waals surface area contributed by atoms with Gasteiger partial charge in [0.05, 0.1) is 31.2 Å². The summed E-state index contributed by atoms with van der Waals surface area (Å²) in [5.41, 5.74) is 5.35. The fourth-order valence-corrected chi connectivity index (χ4v) is 3.56. The summed E-state index contributed by atoms with van der Waals surface area (Å²) in [6.07, 6.45) is 4.49. The van der Waals surface area contributed by atoms with Crippen molar-refractivity contribution in [3.63, 3.8) is 0 Å². The molecular formula is C19H25N3O4. The Bertz CT molecular complexity index is 703. The largest absolute Gasteiger partial charge is 0.493 e. The number of nitrogens with zero attached hydrogens (tertiary/aromatic N) is 2. The summed E-state index contributed by atoms with van der Waals surface area (Å²) < 4.78 is 11.3. The van der Waals surface area contributed by atoms with Crippen molar-refractivity contribution in [2.75, 3.05) is 13.7 Å². The lowest BCUT2D eigenvalue weighted by molar-refractivity contribution is -0.0870. The molecule has 140 valence electrons. The molecule has 2 amide bonds. The molecular weight excluding hydrogens is 334 g/mol. The first-order valence-corrected chi connectivity index (χ1v) is 8.99. The van der Waals surface area contributed by atoms with E-state index in [2.05, 4.69) is 6.07 Å². The van der Waals surface area contributed by atoms with Gasteiger partial charge in [-0.05, 0) is 62.1 Å². The number of urea groups is 1. The fraction of sp³-hybridized carbons (Fsp3) is 0.579. The van der Waals surface area contributed by atoms with Crippen LogP contribution in [0.15, 0.2) is 18.2 Å². The molecule has 0 aliphatic heterocycles. The summed E-state index contributed by atoms with van der Waals surface area (Å²) >= 11 is 0. The molecule has 0 bridgehead atoms. The monoisotopic (exact) mass is 359 g/mol. The number of methoxy groups -OCH3 is 1. The van der Waals surface area contributed by atoms with Crippen LogP contribution in [0.5, 0.6) is 11.5 Å². The molecule has 3 N–H and O–H groups in total. The molecule has 7 heteroatoms. The molecule has 0 atom stereocenters. The van der Waals surface area contributed by atoms with Crippen molar-refractivity contribution in [3.05, 3.63) is 23.8 Å². The number of benzene rings is 1. The van der Waals surface area contributed by atoms with Crippen LogP contribution in [0, 0.1) is 17.2 Å². The van der Waals surface area contributed by atoms with E-state index in [4.69, 9.17) is 15.2 Å². The number of hydrogen-bond acceptors (Lipinski definition) is 5. The molecule has 2 saturated carbocycles. The van der Waals surface area contributed by atoms with Crippen LogP contribution in [0.3, 0.4) is 0 Å². The standard InChI is InChI=1S/C19H25N3O4/c1-25-16-5-4-14(10-17(16)26-11-13-2-3-13)19(12-20)8-6-15(7-9-19)22(24)18(21)23/h4-5,10,13,15,24H,2-3,6-9,11H2,1H3,(H2,21,23). The number of hydrogen-bond donors (Lipinski definition) is 2. The maximum absolute atomic E-state index is 11.1. The number of nitriles is 1. The highest BCUT2D eigenvalue weighted by Crippen LogP contribution is 2.43. The SMILES string of the molecule is COc1ccc(C2(C#N)CCC(N(O)C(N)=O)CC2)cc1OCC1CC1. The molecule has 1 aromatic rings. The van der Waals surface area contributed by atoms with Gasteiger partial charge in [-0.25, -0.2) is 9.86 Å². The molecule has 2 aliphatic carbocycles. The minimum Gasteiger partial charge on any atom is -0.493 e. The van der Waals surface area contributed by atoms with Gasteiger partial charge in [0, 0.05) is 0 Å². The lowest BCUT2D eigenvalue weighted by Gasteiger charge is -2.37. The number of primary amides is 1. The molecule has 0 unspecified atom stereocenters. The van der Waals surface area contributed by atoms with Crippen molar-refractivity contribution in [1.82, 2.24) is 5.06 Å². The van der Waals surface area contributed by atoms with Gasteiger partial charge in [-0.2, -0.15) is 5.26 Å². The Kier molecular flexibility index (Phi) is 5.23. The van der Waals surface area contributed by atoms with Gasteiger partial charge in [-0.3, -0.25) is 5.21 Å². The first-order valence-electron chi connectivity index (χ1n) is 8.99. The van der Waals surface area contributed by atoms with Crippen LogP contribution in [-0.4, -0.2) is 36.1 Å². The Balaban J connectivity index is 1.78. The molecule has 26 heavy (non-hydrogen) atoms. The molecule has 1 aromatic carbocycles. The maximum atomic E-state index is 11.1. The molecule has 2 aliphatic rings. The highest BCUT2D eigenvalue weighted by atomic mass is 16.5. The summed E-state index contributed by atoms with van der Waals surface area (Å²) in [5, 5.41) is 20.2.